The van der Waals surface area contributed by atoms with Crippen molar-refractivity contribution in [3.8, 4) is 0 Å². The van der Waals surface area contributed by atoms with Gasteiger partial charge in [0.1, 0.15) is 0 Å². The van der Waals surface area contributed by atoms with Crippen molar-refractivity contribution in [1.29, 1.82) is 0 Å². The normalized spacial score (nSPS) is 12.0. The maximum atomic E-state index is 10.4. The average molecular weight is 949 g/mol. The predicted octanol–water partition coefficient (Wildman–Crippen LogP) is 9.95. The summed E-state index contributed by atoms with van der Waals surface area (Å²) in [5.74, 6) is -1.86. The first-order valence-electron chi connectivity index (χ1n) is 23.4. The minimum absolute atomic E-state index is 0. The zero-order valence-electron chi connectivity index (χ0n) is 37.0. The summed E-state index contributed by atoms with van der Waals surface area (Å²) in [5.41, 5.74) is 2.47. The van der Waals surface area contributed by atoms with Crippen LogP contribution >= 0.6 is 0 Å². The number of aliphatic carboxylic acids is 2. The smallest absolute Gasteiger partial charge is 0.550 e. The molecule has 2 aromatic rings. The van der Waals surface area contributed by atoms with Gasteiger partial charge in [-0.3, -0.25) is 0 Å². The summed E-state index contributed by atoms with van der Waals surface area (Å²) in [6.45, 7) is 1.97. The first kappa shape index (κ1) is 57.8. The van der Waals surface area contributed by atoms with Gasteiger partial charge in [0.15, 0.2) is 0 Å². The predicted molar refractivity (Wildman–Crippen MR) is 238 cm³/mol. The van der Waals surface area contributed by atoms with E-state index in [-0.39, 0.29) is 61.7 Å². The third-order valence-electron chi connectivity index (χ3n) is 10.8. The van der Waals surface area contributed by atoms with Crippen LogP contribution in [-0.2, 0) is 32.3 Å². The van der Waals surface area contributed by atoms with Crippen molar-refractivity contribution in [3.63, 3.8) is 0 Å². The third kappa shape index (κ3) is 40.6. The van der Waals surface area contributed by atoms with E-state index in [1.54, 1.807) is 0 Å². The molecule has 0 spiro atoms. The molecule has 2 unspecified atom stereocenters. The number of aliphatic hydroxyl groups is 2. The summed E-state index contributed by atoms with van der Waals surface area (Å²) in [7, 11) is 0. The molecule has 0 saturated heterocycles. The zero-order valence-corrected chi connectivity index (χ0v) is 41.5. The Labute approximate surface area is 400 Å². The van der Waals surface area contributed by atoms with Crippen molar-refractivity contribution in [2.75, 3.05) is 13.2 Å². The molecular weight excluding hydrogens is 866 g/mol. The van der Waals surface area contributed by atoms with E-state index in [0.29, 0.717) is 38.6 Å². The summed E-state index contributed by atoms with van der Waals surface area (Å²) < 4.78 is 12.4. The summed E-state index contributed by atoms with van der Waals surface area (Å²) in [6, 6.07) is 20.8. The molecule has 2 rings (SSSR count). The summed E-state index contributed by atoms with van der Waals surface area (Å²) >= 11 is 0. The van der Waals surface area contributed by atoms with Crippen LogP contribution in [0.5, 0.6) is 0 Å². The number of hydrogen-bond donors (Lipinski definition) is 2. The molecule has 2 atom stereocenters. The molecule has 0 aliphatic rings. The number of carbonyl (C=O) groups excluding carboxylic acids is 2. The molecule has 59 heavy (non-hydrogen) atoms. The second kappa shape index (κ2) is 44.8. The van der Waals surface area contributed by atoms with E-state index in [4.69, 9.17) is 19.7 Å². The minimum atomic E-state index is -0.928. The molecule has 8 nitrogen and oxygen atoms in total. The Balaban J connectivity index is 0.00000112. The molecule has 9 heteroatoms. The van der Waals surface area contributed by atoms with E-state index in [1.807, 2.05) is 12.1 Å². The molecule has 0 amide bonds. The quantitative estimate of drug-likeness (QED) is 0.0498. The van der Waals surface area contributed by atoms with Gasteiger partial charge in [0, 0.05) is 25.2 Å². The molecule has 332 valence electrons. The number of unbranched alkanes of at least 4 members (excludes halogenated alkanes) is 20. The van der Waals surface area contributed by atoms with Crippen molar-refractivity contribution in [2.24, 2.45) is 0 Å². The van der Waals surface area contributed by atoms with Crippen LogP contribution in [0.1, 0.15) is 204 Å². The fourth-order valence-electron chi connectivity index (χ4n) is 7.28. The molecule has 0 aliphatic carbocycles. The maximum Gasteiger partial charge on any atom is 2.00 e. The summed E-state index contributed by atoms with van der Waals surface area (Å²) in [4.78, 5) is 20.7. The molecule has 0 saturated carbocycles. The molecule has 0 bridgehead atoms. The van der Waals surface area contributed by atoms with Crippen LogP contribution in [0.3, 0.4) is 0 Å². The van der Waals surface area contributed by atoms with Crippen molar-refractivity contribution in [1.82, 2.24) is 0 Å². The largest absolute Gasteiger partial charge is 2.00 e. The number of aliphatic hydroxyl groups excluding tert-OH is 2. The van der Waals surface area contributed by atoms with Gasteiger partial charge in [0.05, 0.1) is 25.4 Å². The van der Waals surface area contributed by atoms with Gasteiger partial charge < -0.3 is 39.5 Å². The first-order valence-corrected chi connectivity index (χ1v) is 23.4. The molecule has 0 aliphatic heterocycles. The van der Waals surface area contributed by atoms with Gasteiger partial charge in [0.25, 0.3) is 0 Å². The first-order chi connectivity index (χ1) is 28.4. The van der Waals surface area contributed by atoms with Crippen LogP contribution in [0.2, 0.25) is 0 Å². The second-order valence-electron chi connectivity index (χ2n) is 16.2. The molecule has 2 aromatic carbocycles. The number of carbonyl (C=O) groups is 2. The molecule has 0 heterocycles. The van der Waals surface area contributed by atoms with Gasteiger partial charge in [-0.25, -0.2) is 0 Å². The van der Waals surface area contributed by atoms with Crippen molar-refractivity contribution < 1.29 is 39.5 Å². The summed E-state index contributed by atoms with van der Waals surface area (Å²) in [5, 5.41) is 38.5. The maximum absolute atomic E-state index is 10.4. The average Bonchev–Trinajstić information content (AvgIpc) is 3.23. The van der Waals surface area contributed by atoms with E-state index in [1.165, 1.54) is 101 Å². The van der Waals surface area contributed by atoms with E-state index in [0.717, 1.165) is 89.9 Å². The topological polar surface area (TPSA) is 139 Å². The number of rotatable bonds is 40. The van der Waals surface area contributed by atoms with Crippen LogP contribution in [0.25, 0.3) is 0 Å². The van der Waals surface area contributed by atoms with Crippen molar-refractivity contribution >= 4 is 60.8 Å². The van der Waals surface area contributed by atoms with Crippen molar-refractivity contribution in [3.05, 3.63) is 71.8 Å². The molecule has 0 aromatic heterocycles. The van der Waals surface area contributed by atoms with Crippen LogP contribution in [0.15, 0.2) is 60.7 Å². The third-order valence-corrected chi connectivity index (χ3v) is 10.8. The number of ether oxygens (including phenoxy) is 2. The monoisotopic (exact) mass is 949 g/mol. The Hall–Kier alpha value is -1.21. The fourth-order valence-corrected chi connectivity index (χ4v) is 7.28. The van der Waals surface area contributed by atoms with Crippen LogP contribution in [0.4, 0.5) is 0 Å². The van der Waals surface area contributed by atoms with Gasteiger partial charge in [-0.1, -0.05) is 189 Å². The van der Waals surface area contributed by atoms with Gasteiger partial charge in [-0.15, -0.1) is 0 Å². The molecule has 0 radical (unpaired) electrons. The van der Waals surface area contributed by atoms with Gasteiger partial charge in [-0.2, -0.15) is 0 Å². The van der Waals surface area contributed by atoms with E-state index < -0.39 is 11.9 Å². The number of benzene rings is 2. The number of carboxylic acid groups (broad SMARTS) is 2. The summed E-state index contributed by atoms with van der Waals surface area (Å²) in [6.07, 6.45) is 32.3. The van der Waals surface area contributed by atoms with Crippen LogP contribution in [0, 0.1) is 0 Å². The SMILES string of the molecule is O=C([O-])CCCCCCCCCCC(CCCCCCO)OCc1ccccc1.O=C([O-])CCCCCCCCCCC(CCCCCCO)OCc1ccccc1.[Ba+2]. The number of carboxylic acids is 2. The molecular formula is C50H82BaO8. The van der Waals surface area contributed by atoms with Crippen LogP contribution in [-0.4, -0.2) is 96.5 Å². The standard InChI is InChI=1S/2C25H42O4.Ba/c2*26-21-15-8-7-13-19-24(29-22-23-16-10-9-11-17-23)18-12-5-3-1-2-4-6-14-20-25(27)28;/h2*9-11,16-17,24,26H,1-8,12-15,18-22H2,(H,27,28);/q;;+2/p-2. The Morgan fingerprint density at radius 3 is 0.932 bits per heavy atom. The van der Waals surface area contributed by atoms with E-state index in [2.05, 4.69) is 48.5 Å². The Morgan fingerprint density at radius 2 is 0.661 bits per heavy atom. The van der Waals surface area contributed by atoms with Crippen molar-refractivity contribution in [2.45, 2.75) is 218 Å². The number of hydrogen-bond acceptors (Lipinski definition) is 8. The Morgan fingerprint density at radius 1 is 0.407 bits per heavy atom. The zero-order chi connectivity index (χ0) is 42.0. The minimum Gasteiger partial charge on any atom is -0.550 e. The van der Waals surface area contributed by atoms with Gasteiger partial charge in [0.2, 0.25) is 0 Å². The van der Waals surface area contributed by atoms with Gasteiger partial charge in [-0.05, 0) is 75.3 Å². The van der Waals surface area contributed by atoms with Crippen LogP contribution < -0.4 is 10.2 Å². The second-order valence-corrected chi connectivity index (χ2v) is 16.2. The molecule has 2 N–H and O–H groups in total. The van der Waals surface area contributed by atoms with E-state index >= 15 is 0 Å². The van der Waals surface area contributed by atoms with Gasteiger partial charge >= 0.3 is 48.9 Å². The molecule has 0 fully saturated rings. The fraction of sp³-hybridized carbons (Fsp3) is 0.720. The Bertz CT molecular complexity index is 1080. The van der Waals surface area contributed by atoms with E-state index in [9.17, 15) is 19.8 Å². The Kier molecular flexibility index (Phi) is 43.9.